The summed E-state index contributed by atoms with van der Waals surface area (Å²) >= 11 is 0. The fourth-order valence-electron chi connectivity index (χ4n) is 0.458. The normalized spacial score (nSPS) is 16.0. The lowest BCUT2D eigenvalue weighted by molar-refractivity contribution is -0.514. The third-order valence-electron chi connectivity index (χ3n) is 1.33. The van der Waals surface area contributed by atoms with Crippen LogP contribution in [-0.4, -0.2) is 35.5 Å². The van der Waals surface area contributed by atoms with Crippen LogP contribution in [0.5, 0.6) is 0 Å². The molecule has 0 amide bonds. The van der Waals surface area contributed by atoms with E-state index in [1.54, 1.807) is 0 Å². The van der Waals surface area contributed by atoms with Gasteiger partial charge in [-0.1, -0.05) is 0 Å². The van der Waals surface area contributed by atoms with Gasteiger partial charge in [-0.15, -0.1) is 0 Å². The van der Waals surface area contributed by atoms with E-state index < -0.39 is 30.4 Å². The summed E-state index contributed by atoms with van der Waals surface area (Å²) in [7, 11) is 0. The summed E-state index contributed by atoms with van der Waals surface area (Å²) in [4.78, 5) is 0. The van der Waals surface area contributed by atoms with Crippen molar-refractivity contribution in [1.29, 1.82) is 0 Å². The van der Waals surface area contributed by atoms with E-state index in [1.165, 1.54) is 4.74 Å². The Hall–Kier alpha value is -0.850. The Balaban J connectivity index is 5.33. The van der Waals surface area contributed by atoms with Gasteiger partial charge in [0.1, 0.15) is 0 Å². The van der Waals surface area contributed by atoms with Crippen molar-refractivity contribution in [3.8, 4) is 0 Å². The smallest absolute Gasteiger partial charge is 0.331 e. The van der Waals surface area contributed by atoms with Crippen LogP contribution in [0.25, 0.3) is 0 Å². The van der Waals surface area contributed by atoms with Crippen LogP contribution in [0, 0.1) is 0 Å². The van der Waals surface area contributed by atoms with E-state index in [0.29, 0.717) is 0 Å². The van der Waals surface area contributed by atoms with Crippen LogP contribution in [0.3, 0.4) is 0 Å². The van der Waals surface area contributed by atoms with Gasteiger partial charge < -0.3 is 5.11 Å². The molecule has 0 heterocycles. The Labute approximate surface area is 89.9 Å². The van der Waals surface area contributed by atoms with Crippen molar-refractivity contribution in [3.05, 3.63) is 0 Å². The zero-order chi connectivity index (χ0) is 15.2. The predicted molar refractivity (Wildman–Crippen MR) is 29.1 cm³/mol. The SMILES string of the molecule is OC(F)(F)C(F)(F)C(F)(F)OC(F)(F)C(F)(F)F. The summed E-state index contributed by atoms with van der Waals surface area (Å²) < 4.78 is 131. The number of hydrogen-bond acceptors (Lipinski definition) is 2. The van der Waals surface area contributed by atoms with Crippen LogP contribution in [0.1, 0.15) is 0 Å². The monoisotopic (exact) mass is 302 g/mol. The molecule has 1 N–H and O–H groups in total. The molecule has 0 bridgehead atoms. The summed E-state index contributed by atoms with van der Waals surface area (Å²) in [5.41, 5.74) is 0. The maximum atomic E-state index is 12.1. The third kappa shape index (κ3) is 2.93. The topological polar surface area (TPSA) is 29.5 Å². The highest BCUT2D eigenvalue weighted by Crippen LogP contribution is 2.49. The van der Waals surface area contributed by atoms with Crippen molar-refractivity contribution in [1.82, 2.24) is 0 Å². The molecule has 0 fully saturated rings. The van der Waals surface area contributed by atoms with Crippen LogP contribution < -0.4 is 0 Å². The number of hydrogen-bond donors (Lipinski definition) is 1. The molecule has 0 aromatic heterocycles. The minimum absolute atomic E-state index is 1.40. The van der Waals surface area contributed by atoms with Crippen LogP contribution in [0.4, 0.5) is 48.3 Å². The lowest BCUT2D eigenvalue weighted by Gasteiger charge is -2.31. The molecule has 0 atom stereocenters. The number of aliphatic hydroxyl groups is 1. The summed E-state index contributed by atoms with van der Waals surface area (Å²) in [6.45, 7) is 0. The third-order valence-corrected chi connectivity index (χ3v) is 1.33. The van der Waals surface area contributed by atoms with Crippen molar-refractivity contribution < 1.29 is 58.1 Å². The van der Waals surface area contributed by atoms with Gasteiger partial charge in [0.05, 0.1) is 0 Å². The van der Waals surface area contributed by atoms with Crippen LogP contribution in [0.15, 0.2) is 0 Å². The zero-order valence-electron chi connectivity index (χ0n) is 7.51. The highest BCUT2D eigenvalue weighted by molar-refractivity contribution is 4.86. The molecule has 0 unspecified atom stereocenters. The van der Waals surface area contributed by atoms with E-state index in [4.69, 9.17) is 5.11 Å². The molecule has 18 heavy (non-hydrogen) atoms. The van der Waals surface area contributed by atoms with E-state index >= 15 is 0 Å². The average Bonchev–Trinajstić information content (AvgIpc) is 1.96. The van der Waals surface area contributed by atoms with Crippen molar-refractivity contribution >= 4 is 0 Å². The molecule has 110 valence electrons. The lowest BCUT2D eigenvalue weighted by Crippen LogP contribution is -2.59. The number of rotatable bonds is 4. The van der Waals surface area contributed by atoms with Gasteiger partial charge in [-0.25, -0.2) is 4.74 Å². The van der Waals surface area contributed by atoms with Gasteiger partial charge in [0.15, 0.2) is 0 Å². The van der Waals surface area contributed by atoms with E-state index in [1.807, 2.05) is 0 Å². The average molecular weight is 302 g/mol. The summed E-state index contributed by atoms with van der Waals surface area (Å²) in [6, 6.07) is 0. The molecule has 0 aliphatic rings. The molecule has 0 radical (unpaired) electrons. The van der Waals surface area contributed by atoms with Crippen molar-refractivity contribution in [3.63, 3.8) is 0 Å². The van der Waals surface area contributed by atoms with Gasteiger partial charge in [-0.05, 0) is 0 Å². The molecule has 0 aliphatic heterocycles. The van der Waals surface area contributed by atoms with Gasteiger partial charge in [-0.3, -0.25) is 0 Å². The molecule has 0 aromatic carbocycles. The highest BCUT2D eigenvalue weighted by Gasteiger charge is 2.77. The second-order valence-electron chi connectivity index (χ2n) is 2.75. The first kappa shape index (κ1) is 17.2. The molecule has 0 saturated heterocycles. The summed E-state index contributed by atoms with van der Waals surface area (Å²) in [6.07, 6.45) is -27.2. The molecular formula is C5HF11O2. The Morgan fingerprint density at radius 1 is 0.611 bits per heavy atom. The van der Waals surface area contributed by atoms with Crippen LogP contribution in [-0.2, 0) is 4.74 Å². The first-order valence-electron chi connectivity index (χ1n) is 3.46. The molecule has 13 heteroatoms. The second-order valence-corrected chi connectivity index (χ2v) is 2.75. The fraction of sp³-hybridized carbons (Fsp3) is 1.00. The zero-order valence-corrected chi connectivity index (χ0v) is 7.51. The number of ether oxygens (including phenoxy) is 1. The van der Waals surface area contributed by atoms with Crippen molar-refractivity contribution in [2.75, 3.05) is 0 Å². The van der Waals surface area contributed by atoms with E-state index in [2.05, 4.69) is 0 Å². The number of alkyl halides is 11. The molecule has 2 nitrogen and oxygen atoms in total. The number of halogens is 11. The maximum absolute atomic E-state index is 12.1. The van der Waals surface area contributed by atoms with Crippen molar-refractivity contribution in [2.45, 2.75) is 30.4 Å². The Morgan fingerprint density at radius 3 is 1.17 bits per heavy atom. The minimum atomic E-state index is -7.01. The Morgan fingerprint density at radius 2 is 0.944 bits per heavy atom. The molecular weight excluding hydrogens is 301 g/mol. The molecule has 0 rings (SSSR count). The first-order chi connectivity index (χ1) is 7.46. The van der Waals surface area contributed by atoms with Gasteiger partial charge in [0.25, 0.3) is 0 Å². The lowest BCUT2D eigenvalue weighted by atomic mass is 10.3. The van der Waals surface area contributed by atoms with E-state index in [9.17, 15) is 48.3 Å². The minimum Gasteiger partial charge on any atom is -0.331 e. The predicted octanol–water partition coefficient (Wildman–Crippen LogP) is 2.97. The second kappa shape index (κ2) is 4.08. The van der Waals surface area contributed by atoms with Gasteiger partial charge in [0.2, 0.25) is 0 Å². The molecule has 0 saturated carbocycles. The van der Waals surface area contributed by atoms with Gasteiger partial charge in [0, 0.05) is 0 Å². The molecule has 0 aromatic rings. The maximum Gasteiger partial charge on any atom is 0.483 e. The van der Waals surface area contributed by atoms with Crippen LogP contribution in [0.2, 0.25) is 0 Å². The Kier molecular flexibility index (Phi) is 3.89. The summed E-state index contributed by atoms with van der Waals surface area (Å²) in [5, 5.41) is 7.31. The van der Waals surface area contributed by atoms with Gasteiger partial charge in [-0.2, -0.15) is 48.3 Å². The quantitative estimate of drug-likeness (QED) is 0.809. The first-order valence-corrected chi connectivity index (χ1v) is 3.46. The van der Waals surface area contributed by atoms with Crippen LogP contribution >= 0.6 is 0 Å². The summed E-state index contributed by atoms with van der Waals surface area (Å²) in [5.74, 6) is -7.01. The largest absolute Gasteiger partial charge is 0.483 e. The van der Waals surface area contributed by atoms with E-state index in [-0.39, 0.29) is 0 Å². The van der Waals surface area contributed by atoms with Crippen molar-refractivity contribution in [2.24, 2.45) is 0 Å². The van der Waals surface area contributed by atoms with Gasteiger partial charge >= 0.3 is 30.4 Å². The standard InChI is InChI=1S/C5HF11O2/c6-1(7,3(11,12)17)4(13,14)18-5(15,16)2(8,9)10/h17H. The molecule has 0 aliphatic carbocycles. The van der Waals surface area contributed by atoms with E-state index in [0.717, 1.165) is 0 Å². The Bertz CT molecular complexity index is 300. The molecule has 0 spiro atoms. The fourth-order valence-corrected chi connectivity index (χ4v) is 0.458. The highest BCUT2D eigenvalue weighted by atomic mass is 19.4.